The van der Waals surface area contributed by atoms with Crippen LogP contribution in [0.3, 0.4) is 0 Å². The van der Waals surface area contributed by atoms with E-state index in [0.717, 1.165) is 43.3 Å². The van der Waals surface area contributed by atoms with Crippen LogP contribution in [-0.2, 0) is 11.8 Å². The monoisotopic (exact) mass is 273 g/mol. The van der Waals surface area contributed by atoms with Gasteiger partial charge in [-0.3, -0.25) is 0 Å². The molecule has 0 saturated carbocycles. The number of hydrogen-bond donors (Lipinski definition) is 1. The zero-order valence-corrected chi connectivity index (χ0v) is 11.6. The van der Waals surface area contributed by atoms with Gasteiger partial charge in [0.1, 0.15) is 0 Å². The largest absolute Gasteiger partial charge is 0.385 e. The molecular weight excluding hydrogens is 254 g/mol. The van der Waals surface area contributed by atoms with E-state index >= 15 is 0 Å². The molecule has 20 heavy (non-hydrogen) atoms. The van der Waals surface area contributed by atoms with Gasteiger partial charge in [0.2, 0.25) is 0 Å². The Morgan fingerprint density at radius 3 is 3.15 bits per heavy atom. The van der Waals surface area contributed by atoms with Crippen LogP contribution in [0.5, 0.6) is 0 Å². The minimum absolute atomic E-state index is 0.601. The van der Waals surface area contributed by atoms with Gasteiger partial charge in [0.25, 0.3) is 0 Å². The van der Waals surface area contributed by atoms with Crippen molar-refractivity contribution in [3.05, 3.63) is 24.3 Å². The summed E-state index contributed by atoms with van der Waals surface area (Å²) in [5.74, 6) is 1.37. The highest BCUT2D eigenvalue weighted by atomic mass is 16.5. The number of benzene rings is 1. The van der Waals surface area contributed by atoms with Crippen molar-refractivity contribution in [1.29, 1.82) is 0 Å². The summed E-state index contributed by atoms with van der Waals surface area (Å²) in [5.41, 5.74) is 2.11. The molecular formula is C14H19N5O. The topological polar surface area (TPSA) is 64.9 Å². The zero-order valence-electron chi connectivity index (χ0n) is 11.6. The van der Waals surface area contributed by atoms with Gasteiger partial charge in [0.05, 0.1) is 6.61 Å². The third-order valence-electron chi connectivity index (χ3n) is 3.59. The van der Waals surface area contributed by atoms with Gasteiger partial charge < -0.3 is 10.1 Å². The lowest BCUT2D eigenvalue weighted by atomic mass is 10.0. The highest BCUT2D eigenvalue weighted by molar-refractivity contribution is 5.62. The molecule has 0 radical (unpaired) electrons. The number of tetrazole rings is 1. The molecule has 0 spiro atoms. The standard InChI is InChI=1S/C14H19N5O/c1-19-14(16-17-18-19)12-5-2-6-13(8-12)15-9-11-4-3-7-20-10-11/h2,5-6,8,11,15H,3-4,7,9-10H2,1H3. The molecule has 1 saturated heterocycles. The molecule has 6 heteroatoms. The number of aryl methyl sites for hydroxylation is 1. The lowest BCUT2D eigenvalue weighted by Gasteiger charge is -2.22. The van der Waals surface area contributed by atoms with Crippen LogP contribution in [0.2, 0.25) is 0 Å². The van der Waals surface area contributed by atoms with Crippen LogP contribution in [0.1, 0.15) is 12.8 Å². The first-order valence-electron chi connectivity index (χ1n) is 6.97. The van der Waals surface area contributed by atoms with Crippen molar-refractivity contribution < 1.29 is 4.74 Å². The Kier molecular flexibility index (Phi) is 3.92. The van der Waals surface area contributed by atoms with Gasteiger partial charge in [-0.05, 0) is 41.3 Å². The average molecular weight is 273 g/mol. The van der Waals surface area contributed by atoms with Crippen LogP contribution in [-0.4, -0.2) is 40.0 Å². The quantitative estimate of drug-likeness (QED) is 0.918. The molecule has 1 N–H and O–H groups in total. The number of nitrogens with one attached hydrogen (secondary N) is 1. The molecule has 1 unspecified atom stereocenters. The van der Waals surface area contributed by atoms with Crippen molar-refractivity contribution in [1.82, 2.24) is 20.2 Å². The average Bonchev–Trinajstić information content (AvgIpc) is 2.93. The van der Waals surface area contributed by atoms with Gasteiger partial charge in [-0.15, -0.1) is 5.10 Å². The summed E-state index contributed by atoms with van der Waals surface area (Å²) >= 11 is 0. The first-order chi connectivity index (χ1) is 9.83. The summed E-state index contributed by atoms with van der Waals surface area (Å²) in [7, 11) is 1.84. The number of hydrogen-bond acceptors (Lipinski definition) is 5. The van der Waals surface area contributed by atoms with E-state index in [1.54, 1.807) is 4.68 Å². The zero-order chi connectivity index (χ0) is 13.8. The molecule has 1 aliphatic heterocycles. The van der Waals surface area contributed by atoms with Crippen molar-refractivity contribution in [3.63, 3.8) is 0 Å². The van der Waals surface area contributed by atoms with Crippen LogP contribution >= 0.6 is 0 Å². The number of ether oxygens (including phenoxy) is 1. The number of aromatic nitrogens is 4. The van der Waals surface area contributed by atoms with E-state index in [9.17, 15) is 0 Å². The second-order valence-corrected chi connectivity index (χ2v) is 5.17. The fourth-order valence-electron chi connectivity index (χ4n) is 2.47. The van der Waals surface area contributed by atoms with Gasteiger partial charge >= 0.3 is 0 Å². The van der Waals surface area contributed by atoms with Crippen molar-refractivity contribution in [2.45, 2.75) is 12.8 Å². The molecule has 0 bridgehead atoms. The van der Waals surface area contributed by atoms with Crippen LogP contribution in [0.15, 0.2) is 24.3 Å². The van der Waals surface area contributed by atoms with Gasteiger partial charge in [0, 0.05) is 31.5 Å². The fraction of sp³-hybridized carbons (Fsp3) is 0.500. The van der Waals surface area contributed by atoms with E-state index in [2.05, 4.69) is 33.0 Å². The highest BCUT2D eigenvalue weighted by Crippen LogP contribution is 2.20. The third-order valence-corrected chi connectivity index (χ3v) is 3.59. The van der Waals surface area contributed by atoms with Gasteiger partial charge in [0.15, 0.2) is 5.82 Å². The molecule has 6 nitrogen and oxygen atoms in total. The third kappa shape index (κ3) is 2.96. The molecule has 1 aliphatic rings. The maximum absolute atomic E-state index is 5.50. The summed E-state index contributed by atoms with van der Waals surface area (Å²) in [6, 6.07) is 8.18. The minimum atomic E-state index is 0.601. The van der Waals surface area contributed by atoms with Crippen molar-refractivity contribution in [2.24, 2.45) is 13.0 Å². The highest BCUT2D eigenvalue weighted by Gasteiger charge is 2.13. The molecule has 1 fully saturated rings. The van der Waals surface area contributed by atoms with E-state index in [1.165, 1.54) is 6.42 Å². The van der Waals surface area contributed by atoms with Gasteiger partial charge in [-0.2, -0.15) is 0 Å². The molecule has 106 valence electrons. The molecule has 1 aromatic carbocycles. The molecule has 1 aromatic heterocycles. The van der Waals surface area contributed by atoms with Crippen molar-refractivity contribution in [2.75, 3.05) is 25.1 Å². The molecule has 2 heterocycles. The van der Waals surface area contributed by atoms with Crippen LogP contribution in [0.4, 0.5) is 5.69 Å². The summed E-state index contributed by atoms with van der Waals surface area (Å²) in [5, 5.41) is 15.0. The summed E-state index contributed by atoms with van der Waals surface area (Å²) in [6.45, 7) is 2.71. The molecule has 0 aliphatic carbocycles. The lowest BCUT2D eigenvalue weighted by Crippen LogP contribution is -2.24. The van der Waals surface area contributed by atoms with E-state index in [0.29, 0.717) is 5.92 Å². The maximum Gasteiger partial charge on any atom is 0.181 e. The van der Waals surface area contributed by atoms with E-state index < -0.39 is 0 Å². The first-order valence-corrected chi connectivity index (χ1v) is 6.97. The number of anilines is 1. The van der Waals surface area contributed by atoms with Crippen molar-refractivity contribution >= 4 is 5.69 Å². The second-order valence-electron chi connectivity index (χ2n) is 5.17. The fourth-order valence-corrected chi connectivity index (χ4v) is 2.47. The Morgan fingerprint density at radius 1 is 1.45 bits per heavy atom. The van der Waals surface area contributed by atoms with E-state index in [4.69, 9.17) is 4.74 Å². The Labute approximate surface area is 118 Å². The normalized spacial score (nSPS) is 18.9. The van der Waals surface area contributed by atoms with Crippen LogP contribution in [0, 0.1) is 5.92 Å². The second kappa shape index (κ2) is 6.00. The predicted octanol–water partition coefficient (Wildman–Crippen LogP) is 1.72. The Balaban J connectivity index is 1.67. The maximum atomic E-state index is 5.50. The van der Waals surface area contributed by atoms with E-state index in [1.807, 2.05) is 19.2 Å². The number of rotatable bonds is 4. The minimum Gasteiger partial charge on any atom is -0.385 e. The lowest BCUT2D eigenvalue weighted by molar-refractivity contribution is 0.0595. The SMILES string of the molecule is Cn1nnnc1-c1cccc(NCC2CCCOC2)c1. The first kappa shape index (κ1) is 13.1. The molecule has 2 aromatic rings. The molecule has 3 rings (SSSR count). The molecule has 0 amide bonds. The molecule has 1 atom stereocenters. The predicted molar refractivity (Wildman–Crippen MR) is 76.3 cm³/mol. The van der Waals surface area contributed by atoms with Gasteiger partial charge in [-0.1, -0.05) is 12.1 Å². The Morgan fingerprint density at radius 2 is 2.40 bits per heavy atom. The smallest absolute Gasteiger partial charge is 0.181 e. The summed E-state index contributed by atoms with van der Waals surface area (Å²) in [4.78, 5) is 0. The summed E-state index contributed by atoms with van der Waals surface area (Å²) < 4.78 is 7.17. The van der Waals surface area contributed by atoms with Crippen LogP contribution < -0.4 is 5.32 Å². The Bertz CT molecular complexity index is 562. The summed E-state index contributed by atoms with van der Waals surface area (Å²) in [6.07, 6.45) is 2.40. The number of nitrogens with zero attached hydrogens (tertiary/aromatic N) is 4. The van der Waals surface area contributed by atoms with Crippen LogP contribution in [0.25, 0.3) is 11.4 Å². The van der Waals surface area contributed by atoms with E-state index in [-0.39, 0.29) is 0 Å². The Hall–Kier alpha value is -1.95. The van der Waals surface area contributed by atoms with Gasteiger partial charge in [-0.25, -0.2) is 4.68 Å². The van der Waals surface area contributed by atoms with Crippen molar-refractivity contribution in [3.8, 4) is 11.4 Å².